The number of carbonyl (C=O) groups is 6. The topological polar surface area (TPSA) is 209 Å². The second kappa shape index (κ2) is 26.5. The van der Waals surface area contributed by atoms with Crippen LogP contribution in [0.5, 0.6) is 0 Å². The Morgan fingerprint density at radius 1 is 0.663 bits per heavy atom. The van der Waals surface area contributed by atoms with Crippen LogP contribution in [0.4, 0.5) is 26.9 Å². The summed E-state index contributed by atoms with van der Waals surface area (Å²) in [5.74, 6) is -1.93. The minimum absolute atomic E-state index is 0.0131. The van der Waals surface area contributed by atoms with Gasteiger partial charge < -0.3 is 56.3 Å². The molecule has 86 heavy (non-hydrogen) atoms. The Morgan fingerprint density at radius 2 is 1.10 bits per heavy atom. The van der Waals surface area contributed by atoms with Gasteiger partial charge >= 0.3 is 31.5 Å². The van der Waals surface area contributed by atoms with Gasteiger partial charge in [-0.3, -0.25) is 9.59 Å². The molecule has 0 amide bonds. The fraction of sp³-hybridized carbons (Fsp3) is 0.594. The number of carboxylic acid groups (broad SMARTS) is 1. The Hall–Kier alpha value is -5.15. The minimum Gasteiger partial charge on any atom is -0.478 e. The van der Waals surface area contributed by atoms with Crippen LogP contribution in [-0.4, -0.2) is 106 Å². The van der Waals surface area contributed by atoms with Crippen LogP contribution in [0, 0.1) is 84.9 Å². The smallest absolute Gasteiger partial charge is 0.478 e. The lowest BCUT2D eigenvalue weighted by molar-refractivity contribution is -0.199. The predicted octanol–water partition coefficient (Wildman–Crippen LogP) is 13.6. The van der Waals surface area contributed by atoms with Gasteiger partial charge in [-0.1, -0.05) is 92.4 Å². The molecule has 2 aromatic rings. The number of hydrogen-bond acceptors (Lipinski definition) is 13. The summed E-state index contributed by atoms with van der Waals surface area (Å²) in [5.41, 5.74) is 1.77. The monoisotopic (exact) mass is 1260 g/mol. The number of ketones is 2. The molecule has 0 saturated heterocycles. The Kier molecular flexibility index (Phi) is 21.1. The molecular formula is C64H81BCl2F4O14S. The number of aliphatic hydroxyl groups excluding tert-OH is 2. The number of benzene rings is 2. The van der Waals surface area contributed by atoms with Crippen LogP contribution in [0.2, 0.25) is 0 Å². The van der Waals surface area contributed by atoms with E-state index in [0.717, 1.165) is 36.8 Å². The molecule has 3 N–H and O–H groups in total. The maximum atomic E-state index is 13.2. The normalized spacial score (nSPS) is 34.7. The largest absolute Gasteiger partial charge is 0.673 e. The number of alkyl halides is 2. The number of allylic oxidation sites excluding steroid dienone is 8. The van der Waals surface area contributed by atoms with E-state index in [1.54, 1.807) is 38.2 Å². The Balaban J connectivity index is 0.000000182. The van der Waals surface area contributed by atoms with Gasteiger partial charge in [0.2, 0.25) is 11.2 Å². The Labute approximate surface area is 514 Å². The number of fused-ring (bicyclic) bond motifs is 10. The van der Waals surface area contributed by atoms with Crippen molar-refractivity contribution in [1.29, 1.82) is 0 Å². The van der Waals surface area contributed by atoms with Crippen LogP contribution in [0.3, 0.4) is 0 Å². The van der Waals surface area contributed by atoms with E-state index in [9.17, 15) is 61.3 Å². The molecule has 0 heterocycles. The fourth-order valence-electron chi connectivity index (χ4n) is 16.7. The molecule has 6 fully saturated rings. The maximum Gasteiger partial charge on any atom is 0.673 e. The third-order valence-corrected chi connectivity index (χ3v) is 23.7. The summed E-state index contributed by atoms with van der Waals surface area (Å²) in [4.78, 5) is 76.7. The van der Waals surface area contributed by atoms with Crippen molar-refractivity contribution < 1.29 is 85.0 Å². The quantitative estimate of drug-likeness (QED) is 0.0505. The van der Waals surface area contributed by atoms with Gasteiger partial charge in [-0.25, -0.2) is 19.2 Å². The molecule has 8 aliphatic carbocycles. The van der Waals surface area contributed by atoms with E-state index in [4.69, 9.17) is 46.9 Å². The number of carboxylic acids is 1. The van der Waals surface area contributed by atoms with Gasteiger partial charge in [0.15, 0.2) is 32.6 Å². The highest BCUT2D eigenvalue weighted by atomic mass is 35.5. The number of aryl methyl sites for hydroxylation is 1. The van der Waals surface area contributed by atoms with E-state index in [1.807, 2.05) is 26.0 Å². The van der Waals surface area contributed by atoms with Crippen LogP contribution < -0.4 is 0 Å². The van der Waals surface area contributed by atoms with Crippen molar-refractivity contribution in [3.63, 3.8) is 0 Å². The van der Waals surface area contributed by atoms with Gasteiger partial charge in [0, 0.05) is 39.1 Å². The van der Waals surface area contributed by atoms with Crippen LogP contribution in [0.1, 0.15) is 128 Å². The number of aliphatic carboxylic acids is 1. The molecule has 0 aromatic heterocycles. The SMILES string of the molecule is CCOC(=O)O[C@@]1(C(=O)O)CCC2C3CCC4=CC(=O)C=CC4(C)C3C(O)CC21C.CCOC(=O)O[C@@]1(C(=O)OCCl)CCC2C3CCC4=CC(=O)C=CC4(C)C3C(O)CC21C.Cc1cc([S+](CCl)c2ccccc2)c(C)c(C)c1C.F[B-](F)(F)F. The Bertz CT molecular complexity index is 3040. The summed E-state index contributed by atoms with van der Waals surface area (Å²) in [7, 11) is -6.03. The molecule has 13 unspecified atom stereocenters. The molecule has 472 valence electrons. The average Bonchev–Trinajstić information content (AvgIpc) is 1.41. The first-order chi connectivity index (χ1) is 40.3. The summed E-state index contributed by atoms with van der Waals surface area (Å²) in [5, 5.41) is 33.6. The van der Waals surface area contributed by atoms with Crippen LogP contribution in [0.15, 0.2) is 93.8 Å². The lowest BCUT2D eigenvalue weighted by Crippen LogP contribution is -2.62. The third-order valence-electron chi connectivity index (χ3n) is 21.0. The highest BCUT2D eigenvalue weighted by molar-refractivity contribution is 7.98. The van der Waals surface area contributed by atoms with E-state index < -0.39 is 76.6 Å². The molecule has 15 atom stereocenters. The predicted molar refractivity (Wildman–Crippen MR) is 319 cm³/mol. The van der Waals surface area contributed by atoms with Crippen molar-refractivity contribution in [3.8, 4) is 0 Å². The minimum atomic E-state index is -6.00. The van der Waals surface area contributed by atoms with Crippen molar-refractivity contribution in [2.75, 3.05) is 24.5 Å². The van der Waals surface area contributed by atoms with E-state index in [1.165, 1.54) is 32.0 Å². The zero-order valence-electron chi connectivity index (χ0n) is 50.5. The van der Waals surface area contributed by atoms with Gasteiger partial charge in [-0.15, -0.1) is 0 Å². The first-order valence-electron chi connectivity index (χ1n) is 29.5. The fourth-order valence-corrected chi connectivity index (χ4v) is 19.4. The lowest BCUT2D eigenvalue weighted by atomic mass is 9.46. The van der Waals surface area contributed by atoms with Crippen molar-refractivity contribution in [2.24, 2.45) is 57.2 Å². The molecule has 0 radical (unpaired) electrons. The molecule has 10 rings (SSSR count). The van der Waals surface area contributed by atoms with Crippen molar-refractivity contribution in [3.05, 3.63) is 106 Å². The van der Waals surface area contributed by atoms with Gasteiger partial charge in [-0.05, 0) is 189 Å². The van der Waals surface area contributed by atoms with Crippen molar-refractivity contribution in [2.45, 2.75) is 167 Å². The number of carbonyl (C=O) groups excluding carboxylic acids is 5. The molecule has 14 nitrogen and oxygen atoms in total. The first kappa shape index (κ1) is 68.3. The van der Waals surface area contributed by atoms with Crippen molar-refractivity contribution in [1.82, 2.24) is 0 Å². The first-order valence-corrected chi connectivity index (χ1v) is 31.9. The standard InChI is InChI=1S/C24H31ClO7.C23H30O7.C17H20ClS.BF4/c1-4-30-21(29)32-24(20(28)31-13-25)10-8-17-16-6-5-14-11-15(26)7-9-22(14,2)19(16)18(27)12-23(17,24)3;1-4-29-20(28)30-23(19(26)27)10-8-16-15-6-5-13-11-14(24)7-9-21(13,2)18(15)17(25)12-22(16,23)3;1-12-10-17(15(4)14(3)13(12)2)19(11-18)16-8-6-5-7-9-16;2-1(3,4)5/h7,9,11,16-19,27H,4-6,8,10,12-13H2,1-3H3;7,9,11,15-18,25H,4-6,8,10,12H2,1-3H3,(H,26,27);5-10H,11H2,1-4H3;/q;;+1;-1/t16?,17?,18?,19?,22?,23?,24-;15?,16?,17?,18?,21?,22?,23-;;/m11../s1. The third kappa shape index (κ3) is 12.7. The Morgan fingerprint density at radius 3 is 1.53 bits per heavy atom. The molecule has 0 bridgehead atoms. The molecule has 8 aliphatic rings. The highest BCUT2D eigenvalue weighted by Crippen LogP contribution is 2.70. The van der Waals surface area contributed by atoms with Gasteiger partial charge in [0.25, 0.3) is 0 Å². The second-order valence-corrected chi connectivity index (χ2v) is 27.7. The second-order valence-electron chi connectivity index (χ2n) is 24.9. The summed E-state index contributed by atoms with van der Waals surface area (Å²) < 4.78 is 65.3. The zero-order chi connectivity index (χ0) is 63.7. The highest BCUT2D eigenvalue weighted by Gasteiger charge is 2.73. The van der Waals surface area contributed by atoms with E-state index in [0.29, 0.717) is 18.1 Å². The number of rotatable bonds is 10. The zero-order valence-corrected chi connectivity index (χ0v) is 52.9. The molecular weight excluding hydrogens is 1180 g/mol. The summed E-state index contributed by atoms with van der Waals surface area (Å²) in [6.07, 6.45) is 12.3. The molecule has 22 heteroatoms. The number of esters is 1. The summed E-state index contributed by atoms with van der Waals surface area (Å²) in [6.45, 7) is 20.2. The molecule has 6 saturated carbocycles. The van der Waals surface area contributed by atoms with Crippen molar-refractivity contribution >= 4 is 77.2 Å². The van der Waals surface area contributed by atoms with Gasteiger partial charge in [0.1, 0.15) is 0 Å². The number of halogens is 6. The molecule has 0 aliphatic heterocycles. The number of ether oxygens (including phenoxy) is 5. The maximum absolute atomic E-state index is 13.2. The van der Waals surface area contributed by atoms with E-state index >= 15 is 0 Å². The summed E-state index contributed by atoms with van der Waals surface area (Å²) >= 11 is 12.0. The number of aliphatic hydroxyl groups is 2. The lowest BCUT2D eigenvalue weighted by Gasteiger charge is -2.59. The average molecular weight is 1260 g/mol. The molecule has 0 spiro atoms. The number of hydrogen-bond donors (Lipinski definition) is 3. The van der Waals surface area contributed by atoms with E-state index in [-0.39, 0.29) is 103 Å². The van der Waals surface area contributed by atoms with Crippen LogP contribution in [0.25, 0.3) is 0 Å². The van der Waals surface area contributed by atoms with E-state index in [2.05, 4.69) is 77.9 Å². The summed E-state index contributed by atoms with van der Waals surface area (Å²) in [6, 6.07) is 12.5. The van der Waals surface area contributed by atoms with Crippen LogP contribution in [-0.2, 0) is 53.8 Å². The van der Waals surface area contributed by atoms with Gasteiger partial charge in [0.05, 0.1) is 36.3 Å². The van der Waals surface area contributed by atoms with Crippen LogP contribution >= 0.6 is 23.2 Å². The molecule has 2 aromatic carbocycles. The van der Waals surface area contributed by atoms with Gasteiger partial charge in [-0.2, -0.15) is 0 Å².